The number of nitrogens with zero attached hydrogens (tertiary/aromatic N) is 2. The Labute approximate surface area is 94.9 Å². The average Bonchev–Trinajstić information content (AvgIpc) is 2.56. The fraction of sp³-hybridized carbons (Fsp3) is 0.417. The van der Waals surface area contributed by atoms with Crippen molar-refractivity contribution in [3.63, 3.8) is 0 Å². The molecule has 2 rings (SSSR count). The third-order valence-electron chi connectivity index (χ3n) is 2.74. The van der Waals surface area contributed by atoms with Gasteiger partial charge in [0.1, 0.15) is 5.82 Å². The Bertz CT molecular complexity index is 474. The van der Waals surface area contributed by atoms with Crippen LogP contribution in [0.2, 0.25) is 0 Å². The maximum Gasteiger partial charge on any atom is 0.109 e. The number of fused-ring (bicyclic) bond motifs is 1. The van der Waals surface area contributed by atoms with Crippen LogP contribution in [0.5, 0.6) is 0 Å². The van der Waals surface area contributed by atoms with Gasteiger partial charge in [-0.3, -0.25) is 0 Å². The van der Waals surface area contributed by atoms with E-state index in [4.69, 9.17) is 11.6 Å². The minimum Gasteiger partial charge on any atom is -0.331 e. The van der Waals surface area contributed by atoms with Crippen molar-refractivity contribution in [2.75, 3.05) is 5.88 Å². The molecule has 0 radical (unpaired) electrons. The molecule has 15 heavy (non-hydrogen) atoms. The van der Waals surface area contributed by atoms with Gasteiger partial charge >= 0.3 is 0 Å². The monoisotopic (exact) mass is 222 g/mol. The molecule has 3 heteroatoms. The molecule has 2 nitrogen and oxygen atoms in total. The van der Waals surface area contributed by atoms with Crippen molar-refractivity contribution in [3.8, 4) is 0 Å². The van der Waals surface area contributed by atoms with Crippen LogP contribution >= 0.6 is 11.6 Å². The fourth-order valence-corrected chi connectivity index (χ4v) is 2.08. The zero-order valence-corrected chi connectivity index (χ0v) is 9.88. The summed E-state index contributed by atoms with van der Waals surface area (Å²) in [6.45, 7) is 2.13. The predicted molar refractivity (Wildman–Crippen MR) is 64.5 cm³/mol. The molecule has 0 amide bonds. The molecule has 0 unspecified atom stereocenters. The van der Waals surface area contributed by atoms with E-state index >= 15 is 0 Å². The first-order valence-corrected chi connectivity index (χ1v) is 5.80. The van der Waals surface area contributed by atoms with Gasteiger partial charge in [-0.2, -0.15) is 0 Å². The highest BCUT2D eigenvalue weighted by atomic mass is 35.5. The average molecular weight is 223 g/mol. The van der Waals surface area contributed by atoms with Crippen molar-refractivity contribution in [3.05, 3.63) is 29.6 Å². The zero-order valence-electron chi connectivity index (χ0n) is 9.13. The van der Waals surface area contributed by atoms with Gasteiger partial charge < -0.3 is 4.57 Å². The molecule has 0 bridgehead atoms. The van der Waals surface area contributed by atoms with E-state index in [1.54, 1.807) is 0 Å². The first-order chi connectivity index (χ1) is 7.26. The van der Waals surface area contributed by atoms with Gasteiger partial charge in [0.05, 0.1) is 11.0 Å². The number of alkyl halides is 1. The number of hydrogen-bond acceptors (Lipinski definition) is 1. The molecule has 0 fully saturated rings. The lowest BCUT2D eigenvalue weighted by atomic mass is 10.1. The predicted octanol–water partition coefficient (Wildman–Crippen LogP) is 2.92. The molecule has 0 aliphatic carbocycles. The van der Waals surface area contributed by atoms with E-state index in [0.717, 1.165) is 24.2 Å². The Kier molecular flexibility index (Phi) is 2.96. The lowest BCUT2D eigenvalue weighted by Gasteiger charge is -2.00. The van der Waals surface area contributed by atoms with E-state index in [1.807, 2.05) is 0 Å². The summed E-state index contributed by atoms with van der Waals surface area (Å²) < 4.78 is 2.16. The van der Waals surface area contributed by atoms with Gasteiger partial charge in [-0.15, -0.1) is 11.6 Å². The van der Waals surface area contributed by atoms with E-state index in [-0.39, 0.29) is 0 Å². The Morgan fingerprint density at radius 3 is 2.87 bits per heavy atom. The third-order valence-corrected chi connectivity index (χ3v) is 2.93. The zero-order chi connectivity index (χ0) is 10.8. The molecule has 1 heterocycles. The van der Waals surface area contributed by atoms with Crippen LogP contribution in [0, 0.1) is 0 Å². The van der Waals surface area contributed by atoms with E-state index < -0.39 is 0 Å². The van der Waals surface area contributed by atoms with Gasteiger partial charge in [0, 0.05) is 19.3 Å². The second-order valence-corrected chi connectivity index (χ2v) is 4.08. The number of hydrogen-bond donors (Lipinski definition) is 0. The molecule has 1 aromatic carbocycles. The standard InChI is InChI=1S/C12H15ClN2/c1-3-12-14-10-5-4-9(6-7-13)8-11(10)15(12)2/h4-5,8H,3,6-7H2,1-2H3. The summed E-state index contributed by atoms with van der Waals surface area (Å²) in [7, 11) is 2.07. The molecule has 0 atom stereocenters. The van der Waals surface area contributed by atoms with Crippen LogP contribution in [0.3, 0.4) is 0 Å². The number of benzene rings is 1. The summed E-state index contributed by atoms with van der Waals surface area (Å²) in [5.41, 5.74) is 3.56. The first kappa shape index (κ1) is 10.5. The minimum atomic E-state index is 0.671. The Morgan fingerprint density at radius 1 is 1.40 bits per heavy atom. The molecule has 0 saturated heterocycles. The smallest absolute Gasteiger partial charge is 0.109 e. The molecule has 0 aliphatic heterocycles. The van der Waals surface area contributed by atoms with Gasteiger partial charge in [0.25, 0.3) is 0 Å². The minimum absolute atomic E-state index is 0.671. The van der Waals surface area contributed by atoms with Crippen molar-refractivity contribution >= 4 is 22.6 Å². The lowest BCUT2D eigenvalue weighted by Crippen LogP contribution is -1.95. The molecule has 0 aliphatic rings. The highest BCUT2D eigenvalue weighted by molar-refractivity contribution is 6.18. The molecular formula is C12H15ClN2. The second-order valence-electron chi connectivity index (χ2n) is 3.70. The lowest BCUT2D eigenvalue weighted by molar-refractivity contribution is 0.828. The highest BCUT2D eigenvalue weighted by Gasteiger charge is 2.06. The van der Waals surface area contributed by atoms with Crippen LogP contribution in [-0.2, 0) is 19.9 Å². The summed E-state index contributed by atoms with van der Waals surface area (Å²) in [5, 5.41) is 0. The van der Waals surface area contributed by atoms with Gasteiger partial charge in [-0.1, -0.05) is 13.0 Å². The van der Waals surface area contributed by atoms with Crippen molar-refractivity contribution in [1.82, 2.24) is 9.55 Å². The van der Waals surface area contributed by atoms with E-state index in [2.05, 4.69) is 41.7 Å². The number of aromatic nitrogens is 2. The molecule has 2 aromatic rings. The van der Waals surface area contributed by atoms with E-state index in [9.17, 15) is 0 Å². The summed E-state index contributed by atoms with van der Waals surface area (Å²) in [6, 6.07) is 6.37. The van der Waals surface area contributed by atoms with Gasteiger partial charge in [0.15, 0.2) is 0 Å². The topological polar surface area (TPSA) is 17.8 Å². The van der Waals surface area contributed by atoms with Crippen LogP contribution in [0.25, 0.3) is 11.0 Å². The normalized spacial score (nSPS) is 11.1. The summed E-state index contributed by atoms with van der Waals surface area (Å²) in [6.07, 6.45) is 1.89. The number of rotatable bonds is 3. The first-order valence-electron chi connectivity index (χ1n) is 5.26. The summed E-state index contributed by atoms with van der Waals surface area (Å²) >= 11 is 5.74. The molecule has 80 valence electrons. The van der Waals surface area contributed by atoms with Crippen LogP contribution in [0.1, 0.15) is 18.3 Å². The maximum atomic E-state index is 5.74. The second kappa shape index (κ2) is 4.23. The fourth-order valence-electron chi connectivity index (χ4n) is 1.87. The van der Waals surface area contributed by atoms with Crippen molar-refractivity contribution in [2.24, 2.45) is 7.05 Å². The van der Waals surface area contributed by atoms with Crippen LogP contribution < -0.4 is 0 Å². The van der Waals surface area contributed by atoms with Crippen molar-refractivity contribution < 1.29 is 0 Å². The van der Waals surface area contributed by atoms with Crippen molar-refractivity contribution in [2.45, 2.75) is 19.8 Å². The molecule has 1 aromatic heterocycles. The van der Waals surface area contributed by atoms with Crippen LogP contribution in [-0.4, -0.2) is 15.4 Å². The number of imidazole rings is 1. The Hall–Kier alpha value is -1.02. The SMILES string of the molecule is CCc1nc2ccc(CCCl)cc2n1C. The van der Waals surface area contributed by atoms with Crippen LogP contribution in [0.15, 0.2) is 18.2 Å². The van der Waals surface area contributed by atoms with Crippen LogP contribution in [0.4, 0.5) is 0 Å². The molecule has 0 spiro atoms. The molecule has 0 saturated carbocycles. The highest BCUT2D eigenvalue weighted by Crippen LogP contribution is 2.17. The maximum absolute atomic E-state index is 5.74. The Morgan fingerprint density at radius 2 is 2.20 bits per heavy atom. The van der Waals surface area contributed by atoms with Gasteiger partial charge in [-0.25, -0.2) is 4.98 Å². The van der Waals surface area contributed by atoms with Gasteiger partial charge in [-0.05, 0) is 24.1 Å². The van der Waals surface area contributed by atoms with E-state index in [0.29, 0.717) is 5.88 Å². The Balaban J connectivity index is 2.54. The third kappa shape index (κ3) is 1.86. The molecule has 0 N–H and O–H groups in total. The molecular weight excluding hydrogens is 208 g/mol. The van der Waals surface area contributed by atoms with Crippen molar-refractivity contribution in [1.29, 1.82) is 0 Å². The van der Waals surface area contributed by atoms with E-state index in [1.165, 1.54) is 11.1 Å². The largest absolute Gasteiger partial charge is 0.331 e. The van der Waals surface area contributed by atoms with Gasteiger partial charge in [0.2, 0.25) is 0 Å². The number of halogens is 1. The summed E-state index contributed by atoms with van der Waals surface area (Å²) in [5.74, 6) is 1.80. The summed E-state index contributed by atoms with van der Waals surface area (Å²) in [4.78, 5) is 4.56. The number of aryl methyl sites for hydroxylation is 3. The quantitative estimate of drug-likeness (QED) is 0.731.